The highest BCUT2D eigenvalue weighted by atomic mass is 16.5. The lowest BCUT2D eigenvalue weighted by molar-refractivity contribution is -0.123. The number of ether oxygens (including phenoxy) is 1. The second-order valence-electron chi connectivity index (χ2n) is 5.85. The third kappa shape index (κ3) is 6.30. The molecule has 26 heavy (non-hydrogen) atoms. The third-order valence-electron chi connectivity index (χ3n) is 4.03. The van der Waals surface area contributed by atoms with Gasteiger partial charge in [0, 0.05) is 31.6 Å². The number of carbonyl (C=O) groups excluding carboxylic acids is 1. The number of pyridine rings is 1. The van der Waals surface area contributed by atoms with Crippen molar-refractivity contribution < 1.29 is 29.3 Å². The van der Waals surface area contributed by atoms with Gasteiger partial charge in [-0.3, -0.25) is 24.1 Å². The fraction of sp³-hybridized carbons (Fsp3) is 0.500. The van der Waals surface area contributed by atoms with E-state index in [-0.39, 0.29) is 30.5 Å². The minimum atomic E-state index is -0.250. The Balaban J connectivity index is 0.000000499. The number of aromatic amines is 1. The topological polar surface area (TPSA) is 140 Å². The molecular weight excluding hydrogens is 346 g/mol. The Bertz CT molecular complexity index is 643. The van der Waals surface area contributed by atoms with E-state index in [4.69, 9.17) is 24.5 Å². The Labute approximate surface area is 150 Å². The molecule has 2 saturated heterocycles. The first-order valence-electron chi connectivity index (χ1n) is 7.89. The largest absolute Gasteiger partial charge is 0.483 e. The highest BCUT2D eigenvalue weighted by Crippen LogP contribution is 2.19. The van der Waals surface area contributed by atoms with Gasteiger partial charge in [0.15, 0.2) is 0 Å². The molecular formula is C16H23N3O7. The van der Waals surface area contributed by atoms with E-state index in [2.05, 4.69) is 16.9 Å². The molecule has 1 amide bonds. The predicted molar refractivity (Wildman–Crippen MR) is 91.1 cm³/mol. The quantitative estimate of drug-likeness (QED) is 0.545. The van der Waals surface area contributed by atoms with Crippen LogP contribution in [0.25, 0.3) is 0 Å². The Kier molecular flexibility index (Phi) is 9.02. The Hall–Kier alpha value is -2.72. The molecule has 0 unspecified atom stereocenters. The molecule has 0 saturated carbocycles. The number of H-pyrrole nitrogens is 1. The van der Waals surface area contributed by atoms with Crippen LogP contribution in [-0.2, 0) is 14.3 Å². The molecule has 3 N–H and O–H groups in total. The number of aromatic nitrogens is 1. The summed E-state index contributed by atoms with van der Waals surface area (Å²) in [6.45, 7) is 3.11. The first kappa shape index (κ1) is 21.3. The Morgan fingerprint density at radius 3 is 2.46 bits per heavy atom. The van der Waals surface area contributed by atoms with Crippen LogP contribution in [0.3, 0.4) is 0 Å². The summed E-state index contributed by atoms with van der Waals surface area (Å²) in [5.41, 5.74) is 0.118. The number of nitrogens with zero attached hydrogens (tertiary/aromatic N) is 2. The highest BCUT2D eigenvalue weighted by Gasteiger charge is 2.33. The smallest absolute Gasteiger partial charge is 0.290 e. The molecule has 0 aromatic carbocycles. The average molecular weight is 369 g/mol. The maximum atomic E-state index is 12.5. The summed E-state index contributed by atoms with van der Waals surface area (Å²) >= 11 is 0. The van der Waals surface area contributed by atoms with Crippen LogP contribution >= 0.6 is 0 Å². The number of likely N-dealkylation sites (N-methyl/N-ethyl adjacent to an activating group) is 1. The zero-order valence-corrected chi connectivity index (χ0v) is 14.4. The maximum absolute atomic E-state index is 12.5. The number of rotatable bonds is 1. The summed E-state index contributed by atoms with van der Waals surface area (Å²) in [5.74, 6) is 0.224. The van der Waals surface area contributed by atoms with Crippen molar-refractivity contribution in [1.82, 2.24) is 14.8 Å². The molecule has 2 aliphatic rings. The van der Waals surface area contributed by atoms with Gasteiger partial charge < -0.3 is 24.8 Å². The van der Waals surface area contributed by atoms with E-state index >= 15 is 0 Å². The van der Waals surface area contributed by atoms with Gasteiger partial charge >= 0.3 is 0 Å². The van der Waals surface area contributed by atoms with Gasteiger partial charge in [-0.25, -0.2) is 0 Å². The first-order chi connectivity index (χ1) is 12.5. The van der Waals surface area contributed by atoms with E-state index in [1.165, 1.54) is 6.07 Å². The van der Waals surface area contributed by atoms with Crippen molar-refractivity contribution in [1.29, 1.82) is 0 Å². The maximum Gasteiger partial charge on any atom is 0.290 e. The molecule has 1 aromatic heterocycles. The molecule has 1 aromatic rings. The van der Waals surface area contributed by atoms with Gasteiger partial charge in [-0.05, 0) is 13.1 Å². The van der Waals surface area contributed by atoms with Gasteiger partial charge in [-0.2, -0.15) is 0 Å². The molecule has 0 aliphatic carbocycles. The molecule has 0 radical (unpaired) electrons. The van der Waals surface area contributed by atoms with Gasteiger partial charge in [-0.1, -0.05) is 6.07 Å². The van der Waals surface area contributed by atoms with Crippen molar-refractivity contribution in [3.8, 4) is 0 Å². The fourth-order valence-electron chi connectivity index (χ4n) is 2.96. The van der Waals surface area contributed by atoms with Gasteiger partial charge in [0.2, 0.25) is 5.56 Å². The highest BCUT2D eigenvalue weighted by molar-refractivity contribution is 5.92. The number of carboxylic acid groups (broad SMARTS) is 2. The number of amides is 1. The molecule has 0 spiro atoms. The van der Waals surface area contributed by atoms with Crippen LogP contribution in [0.2, 0.25) is 0 Å². The summed E-state index contributed by atoms with van der Waals surface area (Å²) in [4.78, 5) is 47.3. The van der Waals surface area contributed by atoms with Gasteiger partial charge in [0.25, 0.3) is 18.9 Å². The monoisotopic (exact) mass is 369 g/mol. The van der Waals surface area contributed by atoms with Crippen molar-refractivity contribution in [2.24, 2.45) is 5.92 Å². The van der Waals surface area contributed by atoms with E-state index < -0.39 is 0 Å². The zero-order chi connectivity index (χ0) is 19.5. The number of nitrogens with one attached hydrogen (secondary N) is 1. The predicted octanol–water partition coefficient (Wildman–Crippen LogP) is -0.821. The standard InChI is InChI=1S/C14H19N3O3.2CH2O2/c1-16-5-10-6-17(7-11(16)9-20-8-10)14(19)12-3-2-4-13(18)15-12;2*2-1-3/h2-4,10-11H,5-9H2,1H3,(H,15,18);2*1H,(H,2,3)/t10-,11+;;/m1../s1. The fourth-order valence-corrected chi connectivity index (χ4v) is 2.96. The molecule has 144 valence electrons. The lowest BCUT2D eigenvalue weighted by atomic mass is 10.1. The van der Waals surface area contributed by atoms with Crippen LogP contribution in [0, 0.1) is 5.92 Å². The summed E-state index contributed by atoms with van der Waals surface area (Å²) < 4.78 is 5.65. The minimum Gasteiger partial charge on any atom is -0.483 e. The van der Waals surface area contributed by atoms with Crippen LogP contribution in [0.15, 0.2) is 23.0 Å². The molecule has 2 atom stereocenters. The number of carbonyl (C=O) groups is 3. The number of hydrogen-bond donors (Lipinski definition) is 3. The zero-order valence-electron chi connectivity index (χ0n) is 14.4. The van der Waals surface area contributed by atoms with E-state index in [1.807, 2.05) is 4.90 Å². The normalized spacial score (nSPS) is 21.8. The summed E-state index contributed by atoms with van der Waals surface area (Å²) in [6, 6.07) is 4.90. The van der Waals surface area contributed by atoms with Gasteiger partial charge in [-0.15, -0.1) is 0 Å². The SMILES string of the molecule is CN1C[C@H]2COC[C@@H]1CN(C(=O)c1cccc(=O)[nH]1)C2.O=CO.O=CO. The lowest BCUT2D eigenvalue weighted by Gasteiger charge is -2.29. The van der Waals surface area contributed by atoms with Crippen LogP contribution in [0.1, 0.15) is 10.5 Å². The second-order valence-corrected chi connectivity index (χ2v) is 5.85. The molecule has 10 heteroatoms. The van der Waals surface area contributed by atoms with E-state index in [9.17, 15) is 9.59 Å². The van der Waals surface area contributed by atoms with Crippen molar-refractivity contribution >= 4 is 18.9 Å². The van der Waals surface area contributed by atoms with Gasteiger partial charge in [0.1, 0.15) is 5.69 Å². The van der Waals surface area contributed by atoms with E-state index in [0.29, 0.717) is 37.9 Å². The summed E-state index contributed by atoms with van der Waals surface area (Å²) in [6.07, 6.45) is 0. The average Bonchev–Trinajstić information content (AvgIpc) is 2.84. The van der Waals surface area contributed by atoms with Crippen LogP contribution < -0.4 is 5.56 Å². The van der Waals surface area contributed by atoms with Crippen molar-refractivity contribution in [2.45, 2.75) is 6.04 Å². The van der Waals surface area contributed by atoms with Crippen molar-refractivity contribution in [3.63, 3.8) is 0 Å². The van der Waals surface area contributed by atoms with Crippen LogP contribution in [0.5, 0.6) is 0 Å². The van der Waals surface area contributed by atoms with Crippen molar-refractivity contribution in [3.05, 3.63) is 34.2 Å². The summed E-state index contributed by atoms with van der Waals surface area (Å²) in [7, 11) is 2.07. The van der Waals surface area contributed by atoms with Crippen LogP contribution in [0.4, 0.5) is 0 Å². The van der Waals surface area contributed by atoms with Gasteiger partial charge in [0.05, 0.1) is 19.3 Å². The second kappa shape index (κ2) is 11.0. The van der Waals surface area contributed by atoms with E-state index in [1.54, 1.807) is 12.1 Å². The molecule has 3 rings (SSSR count). The molecule has 2 aliphatic heterocycles. The Morgan fingerprint density at radius 1 is 1.19 bits per heavy atom. The number of hydrogen-bond acceptors (Lipinski definition) is 6. The Morgan fingerprint density at radius 2 is 1.85 bits per heavy atom. The van der Waals surface area contributed by atoms with Crippen molar-refractivity contribution in [2.75, 3.05) is 39.9 Å². The molecule has 10 nitrogen and oxygen atoms in total. The molecule has 2 fully saturated rings. The lowest BCUT2D eigenvalue weighted by Crippen LogP contribution is -2.45. The van der Waals surface area contributed by atoms with Crippen LogP contribution in [-0.4, -0.2) is 89.8 Å². The number of fused-ring (bicyclic) bond motifs is 3. The van der Waals surface area contributed by atoms with E-state index in [0.717, 1.165) is 6.54 Å². The minimum absolute atomic E-state index is 0.102. The third-order valence-corrected chi connectivity index (χ3v) is 4.03. The molecule has 2 bridgehead atoms. The summed E-state index contributed by atoms with van der Waals surface area (Å²) in [5, 5.41) is 13.8. The molecule has 3 heterocycles. The first-order valence-corrected chi connectivity index (χ1v) is 7.89.